The first-order valence-corrected chi connectivity index (χ1v) is 6.70. The molecule has 1 heterocycles. The summed E-state index contributed by atoms with van der Waals surface area (Å²) in [5.41, 5.74) is 0.872. The third kappa shape index (κ3) is 3.93. The lowest BCUT2D eigenvalue weighted by Gasteiger charge is -2.32. The second kappa shape index (κ2) is 5.90. The van der Waals surface area contributed by atoms with Crippen molar-refractivity contribution in [2.45, 2.75) is 50.9 Å². The summed E-state index contributed by atoms with van der Waals surface area (Å²) < 4.78 is 38.2. The highest BCUT2D eigenvalue weighted by Gasteiger charge is 2.42. The van der Waals surface area contributed by atoms with E-state index < -0.39 is 12.1 Å². The molecule has 19 heavy (non-hydrogen) atoms. The van der Waals surface area contributed by atoms with E-state index in [0.717, 1.165) is 12.1 Å². The van der Waals surface area contributed by atoms with Crippen LogP contribution >= 0.6 is 0 Å². The Hall–Kier alpha value is -1.10. The van der Waals surface area contributed by atoms with Gasteiger partial charge in [-0.3, -0.25) is 4.98 Å². The van der Waals surface area contributed by atoms with Gasteiger partial charge in [0.25, 0.3) is 0 Å². The second-order valence-corrected chi connectivity index (χ2v) is 5.25. The Bertz CT molecular complexity index is 391. The summed E-state index contributed by atoms with van der Waals surface area (Å²) in [6, 6.07) is 5.52. The maximum atomic E-state index is 12.7. The molecule has 1 aromatic rings. The quantitative estimate of drug-likeness (QED) is 0.904. The fraction of sp³-hybridized carbons (Fsp3) is 0.643. The number of alkyl halides is 3. The van der Waals surface area contributed by atoms with Gasteiger partial charge < -0.3 is 5.32 Å². The minimum Gasteiger partial charge on any atom is -0.306 e. The maximum Gasteiger partial charge on any atom is 0.391 e. The van der Waals surface area contributed by atoms with Crippen molar-refractivity contribution >= 4 is 0 Å². The second-order valence-electron chi connectivity index (χ2n) is 5.25. The summed E-state index contributed by atoms with van der Waals surface area (Å²) in [5.74, 6) is -1.16. The Morgan fingerprint density at radius 3 is 2.74 bits per heavy atom. The van der Waals surface area contributed by atoms with E-state index in [-0.39, 0.29) is 24.9 Å². The van der Waals surface area contributed by atoms with Crippen LogP contribution in [0.15, 0.2) is 24.4 Å². The molecule has 2 rings (SSSR count). The third-order valence-corrected chi connectivity index (χ3v) is 3.75. The summed E-state index contributed by atoms with van der Waals surface area (Å²) in [6.07, 6.45) is -0.470. The summed E-state index contributed by atoms with van der Waals surface area (Å²) >= 11 is 0. The Balaban J connectivity index is 1.92. The molecule has 0 aromatic carbocycles. The van der Waals surface area contributed by atoms with Crippen molar-refractivity contribution in [3.8, 4) is 0 Å². The van der Waals surface area contributed by atoms with Gasteiger partial charge >= 0.3 is 6.18 Å². The van der Waals surface area contributed by atoms with E-state index in [9.17, 15) is 13.2 Å². The zero-order chi connectivity index (χ0) is 13.9. The molecule has 1 N–H and O–H groups in total. The number of hydrogen-bond acceptors (Lipinski definition) is 2. The van der Waals surface area contributed by atoms with Crippen molar-refractivity contribution in [3.05, 3.63) is 30.1 Å². The molecule has 2 nitrogen and oxygen atoms in total. The lowest BCUT2D eigenvalue weighted by atomic mass is 9.85. The first-order chi connectivity index (χ1) is 8.97. The Kier molecular flexibility index (Phi) is 4.45. The SMILES string of the molecule is C[C@@H](NC1CCCC(C(F)(F)F)C1)c1ccccn1. The van der Waals surface area contributed by atoms with Crippen LogP contribution < -0.4 is 5.32 Å². The Labute approximate surface area is 111 Å². The monoisotopic (exact) mass is 272 g/mol. The van der Waals surface area contributed by atoms with Gasteiger partial charge in [-0.1, -0.05) is 12.5 Å². The molecule has 1 fully saturated rings. The lowest BCUT2D eigenvalue weighted by molar-refractivity contribution is -0.183. The topological polar surface area (TPSA) is 24.9 Å². The van der Waals surface area contributed by atoms with Crippen molar-refractivity contribution in [1.82, 2.24) is 10.3 Å². The maximum absolute atomic E-state index is 12.7. The molecule has 0 aliphatic heterocycles. The minimum atomic E-state index is -4.06. The highest BCUT2D eigenvalue weighted by molar-refractivity contribution is 5.08. The van der Waals surface area contributed by atoms with Crippen molar-refractivity contribution in [2.24, 2.45) is 5.92 Å². The van der Waals surface area contributed by atoms with E-state index in [1.807, 2.05) is 25.1 Å². The fourth-order valence-electron chi connectivity index (χ4n) is 2.71. The molecular weight excluding hydrogens is 253 g/mol. The fourth-order valence-corrected chi connectivity index (χ4v) is 2.71. The molecule has 1 aliphatic rings. The molecule has 0 radical (unpaired) electrons. The molecular formula is C14H19F3N2. The predicted octanol–water partition coefficient (Wildman–Crippen LogP) is 3.85. The number of rotatable bonds is 3. The predicted molar refractivity (Wildman–Crippen MR) is 67.6 cm³/mol. The molecule has 106 valence electrons. The molecule has 3 atom stereocenters. The van der Waals surface area contributed by atoms with Crippen LogP contribution in [0.3, 0.4) is 0 Å². The number of pyridine rings is 1. The third-order valence-electron chi connectivity index (χ3n) is 3.75. The molecule has 1 aliphatic carbocycles. The zero-order valence-corrected chi connectivity index (χ0v) is 11.0. The van der Waals surface area contributed by atoms with Gasteiger partial charge in [0.1, 0.15) is 0 Å². The van der Waals surface area contributed by atoms with Gasteiger partial charge in [0.2, 0.25) is 0 Å². The van der Waals surface area contributed by atoms with E-state index in [1.54, 1.807) is 6.20 Å². The normalized spacial score (nSPS) is 26.1. The minimum absolute atomic E-state index is 0.0156. The highest BCUT2D eigenvalue weighted by atomic mass is 19.4. The molecule has 0 spiro atoms. The molecule has 2 unspecified atom stereocenters. The van der Waals surface area contributed by atoms with E-state index in [4.69, 9.17) is 0 Å². The molecule has 0 bridgehead atoms. The van der Waals surface area contributed by atoms with Gasteiger partial charge in [0.05, 0.1) is 11.6 Å². The van der Waals surface area contributed by atoms with Gasteiger partial charge in [0, 0.05) is 18.3 Å². The van der Waals surface area contributed by atoms with Crippen molar-refractivity contribution in [2.75, 3.05) is 0 Å². The van der Waals surface area contributed by atoms with Gasteiger partial charge in [-0.2, -0.15) is 13.2 Å². The van der Waals surface area contributed by atoms with Crippen LogP contribution in [-0.2, 0) is 0 Å². The van der Waals surface area contributed by atoms with Crippen LogP contribution in [0.25, 0.3) is 0 Å². The van der Waals surface area contributed by atoms with E-state index in [0.29, 0.717) is 6.42 Å². The smallest absolute Gasteiger partial charge is 0.306 e. The van der Waals surface area contributed by atoms with Crippen LogP contribution in [0.2, 0.25) is 0 Å². The van der Waals surface area contributed by atoms with Crippen molar-refractivity contribution < 1.29 is 13.2 Å². The molecule has 5 heteroatoms. The summed E-state index contributed by atoms with van der Waals surface area (Å²) in [5, 5.41) is 3.27. The van der Waals surface area contributed by atoms with Crippen molar-refractivity contribution in [3.63, 3.8) is 0 Å². The van der Waals surface area contributed by atoms with Gasteiger partial charge in [-0.05, 0) is 38.3 Å². The van der Waals surface area contributed by atoms with Crippen LogP contribution in [0.5, 0.6) is 0 Å². The number of aromatic nitrogens is 1. The van der Waals surface area contributed by atoms with Gasteiger partial charge in [0.15, 0.2) is 0 Å². The molecule has 0 saturated heterocycles. The number of nitrogens with zero attached hydrogens (tertiary/aromatic N) is 1. The first kappa shape index (κ1) is 14.3. The van der Waals surface area contributed by atoms with Crippen LogP contribution in [-0.4, -0.2) is 17.2 Å². The summed E-state index contributed by atoms with van der Waals surface area (Å²) in [4.78, 5) is 4.23. The van der Waals surface area contributed by atoms with Crippen LogP contribution in [0.1, 0.15) is 44.3 Å². The number of halogens is 3. The number of nitrogens with one attached hydrogen (secondary N) is 1. The molecule has 1 aromatic heterocycles. The van der Waals surface area contributed by atoms with Crippen molar-refractivity contribution in [1.29, 1.82) is 0 Å². The average Bonchev–Trinajstić information content (AvgIpc) is 2.39. The van der Waals surface area contributed by atoms with Crippen LogP contribution in [0.4, 0.5) is 13.2 Å². The Morgan fingerprint density at radius 2 is 2.11 bits per heavy atom. The molecule has 0 amide bonds. The zero-order valence-electron chi connectivity index (χ0n) is 11.0. The van der Waals surface area contributed by atoms with Crippen LogP contribution in [0, 0.1) is 5.92 Å². The largest absolute Gasteiger partial charge is 0.391 e. The highest BCUT2D eigenvalue weighted by Crippen LogP contribution is 2.37. The summed E-state index contributed by atoms with van der Waals surface area (Å²) in [7, 11) is 0. The lowest BCUT2D eigenvalue weighted by Crippen LogP contribution is -2.40. The van der Waals surface area contributed by atoms with Gasteiger partial charge in [-0.25, -0.2) is 0 Å². The van der Waals surface area contributed by atoms with Gasteiger partial charge in [-0.15, -0.1) is 0 Å². The Morgan fingerprint density at radius 1 is 1.32 bits per heavy atom. The standard InChI is InChI=1S/C14H19F3N2/c1-10(13-7-2-3-8-18-13)19-12-6-4-5-11(9-12)14(15,16)17/h2-3,7-8,10-12,19H,4-6,9H2,1H3/t10-,11?,12?/m1/s1. The number of hydrogen-bond donors (Lipinski definition) is 1. The first-order valence-electron chi connectivity index (χ1n) is 6.70. The van der Waals surface area contributed by atoms with E-state index in [2.05, 4.69) is 10.3 Å². The summed E-state index contributed by atoms with van der Waals surface area (Å²) in [6.45, 7) is 1.94. The average molecular weight is 272 g/mol. The van der Waals surface area contributed by atoms with E-state index in [1.165, 1.54) is 0 Å². The van der Waals surface area contributed by atoms with E-state index >= 15 is 0 Å². The molecule has 1 saturated carbocycles.